The second-order valence-corrected chi connectivity index (χ2v) is 6.48. The van der Waals surface area contributed by atoms with Crippen molar-refractivity contribution in [1.29, 1.82) is 0 Å². The van der Waals surface area contributed by atoms with E-state index in [1.807, 2.05) is 26.0 Å². The summed E-state index contributed by atoms with van der Waals surface area (Å²) in [6.45, 7) is 3.98. The minimum atomic E-state index is -0.543. The number of benzene rings is 2. The largest absolute Gasteiger partial charge is 0.399 e. The molecule has 128 valence electrons. The lowest BCUT2D eigenvalue weighted by atomic mass is 9.98. The van der Waals surface area contributed by atoms with Gasteiger partial charge >= 0.3 is 0 Å². The molecule has 3 rings (SSSR count). The van der Waals surface area contributed by atoms with Crippen LogP contribution in [0.4, 0.5) is 10.1 Å². The summed E-state index contributed by atoms with van der Waals surface area (Å²) in [6, 6.07) is 12.9. The molecule has 0 saturated heterocycles. The van der Waals surface area contributed by atoms with Gasteiger partial charge in [0, 0.05) is 17.3 Å². The minimum absolute atomic E-state index is 0.0581. The molecule has 6 heteroatoms. The quantitative estimate of drug-likeness (QED) is 0.707. The zero-order chi connectivity index (χ0) is 18.1. The van der Waals surface area contributed by atoms with Crippen molar-refractivity contribution in [2.45, 2.75) is 19.8 Å². The van der Waals surface area contributed by atoms with Gasteiger partial charge in [0.1, 0.15) is 5.82 Å². The highest BCUT2D eigenvalue weighted by Crippen LogP contribution is 2.28. The summed E-state index contributed by atoms with van der Waals surface area (Å²) in [4.78, 5) is 12.6. The van der Waals surface area contributed by atoms with Crippen LogP contribution in [0, 0.1) is 5.82 Å². The smallest absolute Gasteiger partial charge is 0.272 e. The number of nitrogens with zero attached hydrogens (tertiary/aromatic N) is 2. The van der Waals surface area contributed by atoms with Gasteiger partial charge in [-0.3, -0.25) is 4.79 Å². The van der Waals surface area contributed by atoms with Gasteiger partial charge in [-0.15, -0.1) is 0 Å². The third-order valence-corrected chi connectivity index (χ3v) is 4.14. The summed E-state index contributed by atoms with van der Waals surface area (Å²) in [6.07, 6.45) is 0. The van der Waals surface area contributed by atoms with Crippen LogP contribution in [0.25, 0.3) is 16.8 Å². The number of hydrogen-bond acceptors (Lipinski definition) is 3. The topological polar surface area (TPSA) is 60.9 Å². The number of nitrogens with two attached hydrogens (primary N) is 1. The van der Waals surface area contributed by atoms with Crippen molar-refractivity contribution in [2.75, 3.05) is 5.73 Å². The van der Waals surface area contributed by atoms with E-state index in [1.165, 1.54) is 28.9 Å². The van der Waals surface area contributed by atoms with Crippen LogP contribution in [-0.2, 0) is 0 Å². The number of aromatic nitrogens is 2. The zero-order valence-electron chi connectivity index (χ0n) is 13.8. The normalized spacial score (nSPS) is 11.1. The highest BCUT2D eigenvalue weighted by Gasteiger charge is 2.15. The number of anilines is 1. The molecule has 0 spiro atoms. The van der Waals surface area contributed by atoms with Crippen LogP contribution in [0.1, 0.15) is 25.5 Å². The summed E-state index contributed by atoms with van der Waals surface area (Å²) in [5.74, 6) is -0.474. The second-order valence-electron chi connectivity index (χ2n) is 6.07. The molecule has 3 aromatic rings. The Morgan fingerprint density at radius 3 is 2.56 bits per heavy atom. The predicted molar refractivity (Wildman–Crippen MR) is 98.7 cm³/mol. The molecular formula is C19H17ClFN3O. The molecule has 1 heterocycles. The van der Waals surface area contributed by atoms with Crippen LogP contribution in [0.2, 0.25) is 5.02 Å². The maximum atomic E-state index is 13.4. The summed E-state index contributed by atoms with van der Waals surface area (Å²) in [5, 5.41) is 4.44. The molecule has 0 unspecified atom stereocenters. The molecule has 25 heavy (non-hydrogen) atoms. The van der Waals surface area contributed by atoms with Gasteiger partial charge in [0.05, 0.1) is 16.4 Å². The van der Waals surface area contributed by atoms with E-state index in [-0.39, 0.29) is 16.5 Å². The highest BCUT2D eigenvalue weighted by atomic mass is 35.5. The molecule has 0 amide bonds. The summed E-state index contributed by atoms with van der Waals surface area (Å²) in [5.41, 5.74) is 8.86. The van der Waals surface area contributed by atoms with Crippen LogP contribution < -0.4 is 11.3 Å². The van der Waals surface area contributed by atoms with Crippen molar-refractivity contribution in [3.05, 3.63) is 75.4 Å². The fraction of sp³-hybridized carbons (Fsp3) is 0.158. The molecular weight excluding hydrogens is 341 g/mol. The Morgan fingerprint density at radius 1 is 1.16 bits per heavy atom. The molecule has 1 aromatic heterocycles. The first-order chi connectivity index (χ1) is 11.9. The van der Waals surface area contributed by atoms with Gasteiger partial charge < -0.3 is 5.73 Å². The SMILES string of the molecule is CC(C)c1nn(-c2ccc(F)c(Cl)c2)c(=O)cc1-c1cccc(N)c1. The Bertz CT molecular complexity index is 998. The molecule has 0 aliphatic rings. The van der Waals surface area contributed by atoms with Gasteiger partial charge in [-0.2, -0.15) is 9.78 Å². The van der Waals surface area contributed by atoms with Crippen LogP contribution in [0.3, 0.4) is 0 Å². The lowest BCUT2D eigenvalue weighted by Gasteiger charge is -2.15. The fourth-order valence-corrected chi connectivity index (χ4v) is 2.81. The summed E-state index contributed by atoms with van der Waals surface area (Å²) in [7, 11) is 0. The second kappa shape index (κ2) is 6.69. The molecule has 0 aliphatic carbocycles. The van der Waals surface area contributed by atoms with E-state index >= 15 is 0 Å². The molecule has 0 saturated carbocycles. The molecule has 2 aromatic carbocycles. The first-order valence-corrected chi connectivity index (χ1v) is 8.20. The molecule has 0 atom stereocenters. The van der Waals surface area contributed by atoms with E-state index < -0.39 is 5.82 Å². The van der Waals surface area contributed by atoms with Crippen LogP contribution in [-0.4, -0.2) is 9.78 Å². The fourth-order valence-electron chi connectivity index (χ4n) is 2.64. The van der Waals surface area contributed by atoms with E-state index in [0.717, 1.165) is 16.8 Å². The van der Waals surface area contributed by atoms with Gasteiger partial charge in [-0.1, -0.05) is 37.6 Å². The molecule has 0 fully saturated rings. The van der Waals surface area contributed by atoms with Crippen LogP contribution in [0.15, 0.2) is 53.3 Å². The first-order valence-electron chi connectivity index (χ1n) is 7.82. The molecule has 0 aliphatic heterocycles. The van der Waals surface area contributed by atoms with E-state index in [0.29, 0.717) is 11.4 Å². The average Bonchev–Trinajstić information content (AvgIpc) is 2.57. The van der Waals surface area contributed by atoms with E-state index in [2.05, 4.69) is 5.10 Å². The number of nitrogen functional groups attached to an aromatic ring is 1. The Labute approximate surface area is 149 Å². The zero-order valence-corrected chi connectivity index (χ0v) is 14.6. The maximum absolute atomic E-state index is 13.4. The monoisotopic (exact) mass is 357 g/mol. The molecule has 4 nitrogen and oxygen atoms in total. The minimum Gasteiger partial charge on any atom is -0.399 e. The van der Waals surface area contributed by atoms with Crippen molar-refractivity contribution < 1.29 is 4.39 Å². The Hall–Kier alpha value is -2.66. The van der Waals surface area contributed by atoms with E-state index in [4.69, 9.17) is 17.3 Å². The van der Waals surface area contributed by atoms with E-state index in [1.54, 1.807) is 12.1 Å². The van der Waals surface area contributed by atoms with Crippen molar-refractivity contribution in [3.8, 4) is 16.8 Å². The lowest BCUT2D eigenvalue weighted by molar-refractivity contribution is 0.626. The molecule has 0 radical (unpaired) electrons. The third-order valence-electron chi connectivity index (χ3n) is 3.85. The third kappa shape index (κ3) is 3.42. The number of halogens is 2. The molecule has 2 N–H and O–H groups in total. The lowest BCUT2D eigenvalue weighted by Crippen LogP contribution is -2.23. The highest BCUT2D eigenvalue weighted by molar-refractivity contribution is 6.30. The molecule has 0 bridgehead atoms. The predicted octanol–water partition coefficient (Wildman–Crippen LogP) is 4.40. The Balaban J connectivity index is 2.22. The van der Waals surface area contributed by atoms with E-state index in [9.17, 15) is 9.18 Å². The summed E-state index contributed by atoms with van der Waals surface area (Å²) < 4.78 is 14.6. The Kier molecular flexibility index (Phi) is 4.59. The number of rotatable bonds is 3. The van der Waals surface area contributed by atoms with Crippen molar-refractivity contribution in [3.63, 3.8) is 0 Å². The van der Waals surface area contributed by atoms with Crippen molar-refractivity contribution >= 4 is 17.3 Å². The van der Waals surface area contributed by atoms with Gasteiger partial charge in [0.15, 0.2) is 0 Å². The average molecular weight is 358 g/mol. The van der Waals surface area contributed by atoms with Gasteiger partial charge in [0.2, 0.25) is 0 Å². The van der Waals surface area contributed by atoms with Crippen LogP contribution in [0.5, 0.6) is 0 Å². The Morgan fingerprint density at radius 2 is 1.92 bits per heavy atom. The standard InChI is InChI=1S/C19H17ClFN3O/c1-11(2)19-15(12-4-3-5-13(22)8-12)10-18(25)24(23-19)14-6-7-17(21)16(20)9-14/h3-11H,22H2,1-2H3. The van der Waals surface area contributed by atoms with Gasteiger partial charge in [0.25, 0.3) is 5.56 Å². The maximum Gasteiger partial charge on any atom is 0.272 e. The van der Waals surface area contributed by atoms with Crippen LogP contribution >= 0.6 is 11.6 Å². The van der Waals surface area contributed by atoms with Crippen molar-refractivity contribution in [2.24, 2.45) is 0 Å². The summed E-state index contributed by atoms with van der Waals surface area (Å²) >= 11 is 5.83. The number of hydrogen-bond donors (Lipinski definition) is 1. The van der Waals surface area contributed by atoms with Gasteiger partial charge in [-0.05, 0) is 41.8 Å². The van der Waals surface area contributed by atoms with Gasteiger partial charge in [-0.25, -0.2) is 4.39 Å². The first kappa shape index (κ1) is 17.2. The van der Waals surface area contributed by atoms with Crippen molar-refractivity contribution in [1.82, 2.24) is 9.78 Å².